The normalized spacial score (nSPS) is 14.4. The summed E-state index contributed by atoms with van der Waals surface area (Å²) in [6.45, 7) is 2.14. The van der Waals surface area contributed by atoms with Crippen LogP contribution in [-0.2, 0) is 19.0 Å². The first-order valence-electron chi connectivity index (χ1n) is 6.46. The van der Waals surface area contributed by atoms with Crippen molar-refractivity contribution in [2.24, 2.45) is 12.8 Å². The van der Waals surface area contributed by atoms with Crippen LogP contribution in [0.2, 0.25) is 0 Å². The molecule has 1 unspecified atom stereocenters. The summed E-state index contributed by atoms with van der Waals surface area (Å²) < 4.78 is 2.06. The molecule has 0 saturated carbocycles. The third-order valence-corrected chi connectivity index (χ3v) is 3.70. The van der Waals surface area contributed by atoms with Crippen LogP contribution in [0.4, 0.5) is 0 Å². The molecule has 1 aromatic carbocycles. The average molecular weight is 243 g/mol. The van der Waals surface area contributed by atoms with Crippen molar-refractivity contribution in [1.82, 2.24) is 9.55 Å². The molecule has 1 heterocycles. The minimum Gasteiger partial charge on any atom is -0.338 e. The Bertz CT molecular complexity index is 489. The molecule has 1 aromatic heterocycles. The van der Waals surface area contributed by atoms with Crippen molar-refractivity contribution in [3.8, 4) is 0 Å². The zero-order valence-corrected chi connectivity index (χ0v) is 11.1. The number of nitrogens with two attached hydrogens (primary N) is 1. The largest absolute Gasteiger partial charge is 0.338 e. The Morgan fingerprint density at radius 2 is 2.00 bits per heavy atom. The van der Waals surface area contributed by atoms with Gasteiger partial charge in [0.2, 0.25) is 0 Å². The van der Waals surface area contributed by atoms with E-state index in [9.17, 15) is 0 Å². The molecule has 18 heavy (non-hydrogen) atoms. The van der Waals surface area contributed by atoms with E-state index < -0.39 is 0 Å². The fourth-order valence-electron chi connectivity index (χ4n) is 2.27. The van der Waals surface area contributed by atoms with E-state index in [1.165, 1.54) is 5.56 Å². The number of benzene rings is 1. The van der Waals surface area contributed by atoms with Crippen molar-refractivity contribution in [3.63, 3.8) is 0 Å². The van der Waals surface area contributed by atoms with Crippen molar-refractivity contribution in [3.05, 3.63) is 54.1 Å². The smallest absolute Gasteiger partial charge is 0.108 e. The highest BCUT2D eigenvalue weighted by Crippen LogP contribution is 2.27. The maximum Gasteiger partial charge on any atom is 0.108 e. The molecule has 2 N–H and O–H groups in total. The van der Waals surface area contributed by atoms with E-state index in [1.807, 2.05) is 37.6 Å². The second-order valence-electron chi connectivity index (χ2n) is 4.83. The standard InChI is InChI=1S/C15H21N3/c1-3-15(16,13-7-5-4-6-8-13)10-9-14-17-11-12-18(14)2/h4-8,11-12H,3,9-10,16H2,1-2H3. The van der Waals surface area contributed by atoms with Gasteiger partial charge in [0.25, 0.3) is 0 Å². The molecule has 0 spiro atoms. The molecule has 3 heteroatoms. The first-order valence-corrected chi connectivity index (χ1v) is 6.46. The second kappa shape index (κ2) is 5.36. The zero-order chi connectivity index (χ0) is 13.0. The Kier molecular flexibility index (Phi) is 3.82. The highest BCUT2D eigenvalue weighted by Gasteiger charge is 2.25. The van der Waals surface area contributed by atoms with Gasteiger partial charge < -0.3 is 10.3 Å². The summed E-state index contributed by atoms with van der Waals surface area (Å²) in [6.07, 6.45) is 6.56. The van der Waals surface area contributed by atoms with Crippen LogP contribution in [0.25, 0.3) is 0 Å². The highest BCUT2D eigenvalue weighted by atomic mass is 15.0. The van der Waals surface area contributed by atoms with E-state index in [4.69, 9.17) is 5.73 Å². The summed E-state index contributed by atoms with van der Waals surface area (Å²) in [7, 11) is 2.02. The molecular formula is C15H21N3. The number of hydrogen-bond acceptors (Lipinski definition) is 2. The maximum atomic E-state index is 6.55. The summed E-state index contributed by atoms with van der Waals surface area (Å²) in [6, 6.07) is 10.4. The molecule has 0 saturated heterocycles. The van der Waals surface area contributed by atoms with E-state index >= 15 is 0 Å². The van der Waals surface area contributed by atoms with Crippen LogP contribution in [0.5, 0.6) is 0 Å². The Hall–Kier alpha value is -1.61. The van der Waals surface area contributed by atoms with Crippen molar-refractivity contribution in [2.45, 2.75) is 31.7 Å². The molecule has 2 aromatic rings. The van der Waals surface area contributed by atoms with Gasteiger partial charge in [0.1, 0.15) is 5.82 Å². The number of aryl methyl sites for hydroxylation is 2. The van der Waals surface area contributed by atoms with Gasteiger partial charge in [-0.1, -0.05) is 37.3 Å². The molecule has 0 aliphatic carbocycles. The van der Waals surface area contributed by atoms with Gasteiger partial charge in [0.15, 0.2) is 0 Å². The highest BCUT2D eigenvalue weighted by molar-refractivity contribution is 5.24. The molecule has 0 radical (unpaired) electrons. The van der Waals surface area contributed by atoms with E-state index in [2.05, 4.69) is 28.6 Å². The lowest BCUT2D eigenvalue weighted by Gasteiger charge is -2.28. The van der Waals surface area contributed by atoms with Gasteiger partial charge in [-0.2, -0.15) is 0 Å². The predicted octanol–water partition coefficient (Wildman–Crippen LogP) is 2.62. The maximum absolute atomic E-state index is 6.55. The second-order valence-corrected chi connectivity index (χ2v) is 4.83. The van der Waals surface area contributed by atoms with Crippen LogP contribution < -0.4 is 5.73 Å². The molecule has 0 aliphatic rings. The Balaban J connectivity index is 2.12. The van der Waals surface area contributed by atoms with Gasteiger partial charge in [0, 0.05) is 31.4 Å². The van der Waals surface area contributed by atoms with Gasteiger partial charge in [-0.3, -0.25) is 0 Å². The van der Waals surface area contributed by atoms with Crippen LogP contribution in [-0.4, -0.2) is 9.55 Å². The Morgan fingerprint density at radius 3 is 2.56 bits per heavy atom. The lowest BCUT2D eigenvalue weighted by molar-refractivity contribution is 0.389. The molecule has 2 rings (SSSR count). The Labute approximate surface area is 109 Å². The first-order chi connectivity index (χ1) is 8.65. The summed E-state index contributed by atoms with van der Waals surface area (Å²) in [4.78, 5) is 4.35. The molecule has 0 aliphatic heterocycles. The minimum atomic E-state index is -0.257. The number of aromatic nitrogens is 2. The van der Waals surface area contributed by atoms with Gasteiger partial charge >= 0.3 is 0 Å². The quantitative estimate of drug-likeness (QED) is 0.877. The topological polar surface area (TPSA) is 43.8 Å². The summed E-state index contributed by atoms with van der Waals surface area (Å²) in [5.41, 5.74) is 7.50. The molecular weight excluding hydrogens is 222 g/mol. The van der Waals surface area contributed by atoms with Crippen LogP contribution in [0, 0.1) is 0 Å². The SMILES string of the molecule is CCC(N)(CCc1nccn1C)c1ccccc1. The summed E-state index contributed by atoms with van der Waals surface area (Å²) >= 11 is 0. The monoisotopic (exact) mass is 243 g/mol. The van der Waals surface area contributed by atoms with Crippen molar-refractivity contribution < 1.29 is 0 Å². The van der Waals surface area contributed by atoms with Crippen molar-refractivity contribution >= 4 is 0 Å². The fraction of sp³-hybridized carbons (Fsp3) is 0.400. The minimum absolute atomic E-state index is 0.257. The zero-order valence-electron chi connectivity index (χ0n) is 11.1. The van der Waals surface area contributed by atoms with Gasteiger partial charge in [-0.25, -0.2) is 4.98 Å². The lowest BCUT2D eigenvalue weighted by atomic mass is 9.84. The number of imidazole rings is 1. The molecule has 3 nitrogen and oxygen atoms in total. The lowest BCUT2D eigenvalue weighted by Crippen LogP contribution is -2.36. The summed E-state index contributed by atoms with van der Waals surface area (Å²) in [5.74, 6) is 1.09. The van der Waals surface area contributed by atoms with E-state index in [0.29, 0.717) is 0 Å². The third kappa shape index (κ3) is 2.62. The molecule has 0 bridgehead atoms. The molecule has 0 fully saturated rings. The number of hydrogen-bond donors (Lipinski definition) is 1. The van der Waals surface area contributed by atoms with Crippen molar-refractivity contribution in [2.75, 3.05) is 0 Å². The van der Waals surface area contributed by atoms with E-state index in [1.54, 1.807) is 0 Å². The van der Waals surface area contributed by atoms with Gasteiger partial charge in [-0.05, 0) is 18.4 Å². The number of rotatable bonds is 5. The van der Waals surface area contributed by atoms with Crippen LogP contribution >= 0.6 is 0 Å². The molecule has 0 amide bonds. The van der Waals surface area contributed by atoms with Crippen LogP contribution in [0.3, 0.4) is 0 Å². The number of nitrogens with zero attached hydrogens (tertiary/aromatic N) is 2. The fourth-order valence-corrected chi connectivity index (χ4v) is 2.27. The summed E-state index contributed by atoms with van der Waals surface area (Å²) in [5, 5.41) is 0. The average Bonchev–Trinajstić information content (AvgIpc) is 2.83. The van der Waals surface area contributed by atoms with E-state index in [0.717, 1.165) is 25.1 Å². The Morgan fingerprint density at radius 1 is 1.28 bits per heavy atom. The van der Waals surface area contributed by atoms with Crippen LogP contribution in [0.15, 0.2) is 42.7 Å². The third-order valence-electron chi connectivity index (χ3n) is 3.70. The van der Waals surface area contributed by atoms with Crippen molar-refractivity contribution in [1.29, 1.82) is 0 Å². The molecule has 96 valence electrons. The first kappa shape index (κ1) is 12.8. The van der Waals surface area contributed by atoms with Gasteiger partial charge in [0.05, 0.1) is 0 Å². The molecule has 1 atom stereocenters. The van der Waals surface area contributed by atoms with Crippen LogP contribution in [0.1, 0.15) is 31.2 Å². The van der Waals surface area contributed by atoms with Gasteiger partial charge in [-0.15, -0.1) is 0 Å². The predicted molar refractivity (Wildman–Crippen MR) is 74.1 cm³/mol. The van der Waals surface area contributed by atoms with E-state index in [-0.39, 0.29) is 5.54 Å².